The third-order valence-electron chi connectivity index (χ3n) is 6.53. The summed E-state index contributed by atoms with van der Waals surface area (Å²) in [7, 11) is 3.97. The first-order valence-electron chi connectivity index (χ1n) is 13.4. The van der Waals surface area contributed by atoms with Gasteiger partial charge in [0.05, 0.1) is 0 Å². The van der Waals surface area contributed by atoms with Gasteiger partial charge in [-0.2, -0.15) is 0 Å². The second-order valence-corrected chi connectivity index (χ2v) is 12.6. The molecule has 10 heteroatoms. The zero-order valence-electron chi connectivity index (χ0n) is 23.4. The molecule has 1 unspecified atom stereocenters. The van der Waals surface area contributed by atoms with E-state index in [1.165, 1.54) is 11.8 Å². The van der Waals surface area contributed by atoms with Gasteiger partial charge in [-0.15, -0.1) is 10.2 Å². The van der Waals surface area contributed by atoms with Crippen LogP contribution in [0.4, 0.5) is 0 Å². The van der Waals surface area contributed by atoms with Crippen LogP contribution in [0, 0.1) is 5.92 Å². The molecule has 38 heavy (non-hydrogen) atoms. The molecule has 0 radical (unpaired) electrons. The summed E-state index contributed by atoms with van der Waals surface area (Å²) in [6, 6.07) is 7.38. The number of hydrogen-bond donors (Lipinski definition) is 2. The van der Waals surface area contributed by atoms with Gasteiger partial charge in [-0.25, -0.2) is 0 Å². The van der Waals surface area contributed by atoms with Gasteiger partial charge in [0.25, 0.3) is 17.0 Å². The summed E-state index contributed by atoms with van der Waals surface area (Å²) in [4.78, 5) is 42.3. The Labute approximate surface area is 229 Å². The van der Waals surface area contributed by atoms with Crippen LogP contribution in [0.1, 0.15) is 93.9 Å². The maximum Gasteiger partial charge on any atom is 0.276 e. The number of amides is 3. The quantitative estimate of drug-likeness (QED) is 0.397. The Morgan fingerprint density at radius 3 is 2.26 bits per heavy atom. The number of benzene rings is 1. The van der Waals surface area contributed by atoms with E-state index in [0.717, 1.165) is 31.4 Å². The van der Waals surface area contributed by atoms with Crippen molar-refractivity contribution in [3.05, 3.63) is 41.3 Å². The Balaban J connectivity index is 1.77. The van der Waals surface area contributed by atoms with Crippen LogP contribution in [-0.2, 0) is 16.1 Å². The van der Waals surface area contributed by atoms with Crippen LogP contribution >= 0.6 is 11.8 Å². The number of rotatable bonds is 11. The zero-order valence-corrected chi connectivity index (χ0v) is 24.2. The fraction of sp³-hybridized carbons (Fsp3) is 0.607. The van der Waals surface area contributed by atoms with E-state index < -0.39 is 23.3 Å². The molecule has 1 atom stereocenters. The van der Waals surface area contributed by atoms with Crippen molar-refractivity contribution in [2.75, 3.05) is 14.1 Å². The second-order valence-electron chi connectivity index (χ2n) is 11.1. The SMILES string of the molecule is CC(C)CC(C(=O)NC(=O)C1(NC(=O)c2ccc(CN(C)C)cc2)CCCCC1)c1nnc(SC(C)C)o1. The molecule has 0 aliphatic heterocycles. The molecule has 3 rings (SSSR count). The molecule has 3 amide bonds. The van der Waals surface area contributed by atoms with Gasteiger partial charge in [0, 0.05) is 17.4 Å². The summed E-state index contributed by atoms with van der Waals surface area (Å²) >= 11 is 1.42. The number of carbonyl (C=O) groups excluding carboxylic acids is 3. The standard InChI is InChI=1S/C28H41N5O4S/c1-18(2)16-22(25-31-32-27(37-25)38-19(3)4)24(35)29-26(36)28(14-8-7-9-15-28)30-23(34)21-12-10-20(11-13-21)17-33(5)6/h10-13,18-19,22H,7-9,14-17H2,1-6H3,(H,30,34)(H,29,35,36). The highest BCUT2D eigenvalue weighted by Gasteiger charge is 2.43. The fourth-order valence-corrected chi connectivity index (χ4v) is 5.33. The van der Waals surface area contributed by atoms with Crippen LogP contribution in [0.5, 0.6) is 0 Å². The normalized spacial score (nSPS) is 16.0. The van der Waals surface area contributed by atoms with Gasteiger partial charge < -0.3 is 14.6 Å². The molecule has 1 saturated carbocycles. The molecule has 0 saturated heterocycles. The van der Waals surface area contributed by atoms with Crippen LogP contribution in [0.2, 0.25) is 0 Å². The van der Waals surface area contributed by atoms with Gasteiger partial charge in [-0.05, 0) is 57.0 Å². The topological polar surface area (TPSA) is 117 Å². The monoisotopic (exact) mass is 543 g/mol. The van der Waals surface area contributed by atoms with Gasteiger partial charge in [0.2, 0.25) is 11.8 Å². The zero-order chi connectivity index (χ0) is 27.9. The lowest BCUT2D eigenvalue weighted by molar-refractivity contribution is -0.136. The lowest BCUT2D eigenvalue weighted by atomic mass is 9.80. The number of nitrogens with zero attached hydrogens (tertiary/aromatic N) is 3. The fourth-order valence-electron chi connectivity index (χ4n) is 4.70. The van der Waals surface area contributed by atoms with E-state index in [0.29, 0.717) is 30.0 Å². The van der Waals surface area contributed by atoms with E-state index in [4.69, 9.17) is 4.42 Å². The third kappa shape index (κ3) is 8.14. The van der Waals surface area contributed by atoms with Crippen molar-refractivity contribution in [1.82, 2.24) is 25.7 Å². The van der Waals surface area contributed by atoms with Crippen molar-refractivity contribution in [3.8, 4) is 0 Å². The molecule has 1 aromatic heterocycles. The average Bonchev–Trinajstić information content (AvgIpc) is 3.30. The maximum absolute atomic E-state index is 13.6. The van der Waals surface area contributed by atoms with Crippen LogP contribution < -0.4 is 10.6 Å². The molecular weight excluding hydrogens is 502 g/mol. The van der Waals surface area contributed by atoms with Gasteiger partial charge >= 0.3 is 0 Å². The Bertz CT molecular complexity index is 1090. The van der Waals surface area contributed by atoms with Crippen molar-refractivity contribution in [1.29, 1.82) is 0 Å². The summed E-state index contributed by atoms with van der Waals surface area (Å²) in [5, 5.41) is 14.4. The molecule has 1 aliphatic rings. The van der Waals surface area contributed by atoms with Crippen molar-refractivity contribution >= 4 is 29.5 Å². The largest absolute Gasteiger partial charge is 0.415 e. The first kappa shape index (κ1) is 29.8. The lowest BCUT2D eigenvalue weighted by Gasteiger charge is -2.36. The highest BCUT2D eigenvalue weighted by Crippen LogP contribution is 2.31. The van der Waals surface area contributed by atoms with E-state index in [1.54, 1.807) is 12.1 Å². The predicted molar refractivity (Wildman–Crippen MR) is 148 cm³/mol. The molecule has 9 nitrogen and oxygen atoms in total. The minimum absolute atomic E-state index is 0.160. The highest BCUT2D eigenvalue weighted by atomic mass is 32.2. The number of hydrogen-bond acceptors (Lipinski definition) is 8. The van der Waals surface area contributed by atoms with Crippen LogP contribution in [0.3, 0.4) is 0 Å². The minimum atomic E-state index is -1.15. The van der Waals surface area contributed by atoms with Crippen molar-refractivity contribution < 1.29 is 18.8 Å². The molecule has 208 valence electrons. The molecule has 0 spiro atoms. The van der Waals surface area contributed by atoms with E-state index >= 15 is 0 Å². The molecule has 2 aromatic rings. The summed E-state index contributed by atoms with van der Waals surface area (Å²) in [5.41, 5.74) is 0.424. The van der Waals surface area contributed by atoms with Gasteiger partial charge in [-0.3, -0.25) is 19.7 Å². The van der Waals surface area contributed by atoms with E-state index in [1.807, 2.05) is 53.9 Å². The summed E-state index contributed by atoms with van der Waals surface area (Å²) in [6.07, 6.45) is 3.96. The minimum Gasteiger partial charge on any atom is -0.415 e. The first-order valence-corrected chi connectivity index (χ1v) is 14.3. The van der Waals surface area contributed by atoms with Crippen LogP contribution in [0.15, 0.2) is 33.9 Å². The summed E-state index contributed by atoms with van der Waals surface area (Å²) in [6.45, 7) is 8.79. The Kier molecular flexibility index (Phi) is 10.5. The molecule has 2 N–H and O–H groups in total. The van der Waals surface area contributed by atoms with E-state index in [9.17, 15) is 14.4 Å². The molecule has 1 fully saturated rings. The van der Waals surface area contributed by atoms with E-state index in [2.05, 4.69) is 25.7 Å². The van der Waals surface area contributed by atoms with Gasteiger partial charge in [0.1, 0.15) is 11.5 Å². The first-order chi connectivity index (χ1) is 18.0. The number of nitrogens with one attached hydrogen (secondary N) is 2. The van der Waals surface area contributed by atoms with Crippen LogP contribution in [-0.4, -0.2) is 57.7 Å². The number of imide groups is 1. The number of carbonyl (C=O) groups is 3. The van der Waals surface area contributed by atoms with Crippen LogP contribution in [0.25, 0.3) is 0 Å². The smallest absolute Gasteiger partial charge is 0.276 e. The average molecular weight is 544 g/mol. The van der Waals surface area contributed by atoms with Crippen molar-refractivity contribution in [2.45, 2.75) is 94.7 Å². The molecule has 0 bridgehead atoms. The summed E-state index contributed by atoms with van der Waals surface area (Å²) in [5.74, 6) is -1.68. The Hall–Kier alpha value is -2.72. The Morgan fingerprint density at radius 2 is 1.68 bits per heavy atom. The van der Waals surface area contributed by atoms with Gasteiger partial charge in [-0.1, -0.05) is 70.9 Å². The predicted octanol–water partition coefficient (Wildman–Crippen LogP) is 4.54. The number of aromatic nitrogens is 2. The molecule has 1 heterocycles. The maximum atomic E-state index is 13.6. The molecule has 1 aromatic carbocycles. The van der Waals surface area contributed by atoms with Crippen molar-refractivity contribution in [3.63, 3.8) is 0 Å². The number of thioether (sulfide) groups is 1. The lowest BCUT2D eigenvalue weighted by Crippen LogP contribution is -2.61. The summed E-state index contributed by atoms with van der Waals surface area (Å²) < 4.78 is 5.78. The van der Waals surface area contributed by atoms with Crippen molar-refractivity contribution in [2.24, 2.45) is 5.92 Å². The molecule has 1 aliphatic carbocycles. The van der Waals surface area contributed by atoms with E-state index in [-0.39, 0.29) is 23.0 Å². The Morgan fingerprint density at radius 1 is 1.03 bits per heavy atom. The second kappa shape index (κ2) is 13.4. The molecular formula is C28H41N5O4S. The highest BCUT2D eigenvalue weighted by molar-refractivity contribution is 7.99. The van der Waals surface area contributed by atoms with Gasteiger partial charge in [0.15, 0.2) is 0 Å². The third-order valence-corrected chi connectivity index (χ3v) is 7.36.